The molecule has 1 aliphatic heterocycles. The molecular formula is C13H20N4OS. The molecule has 0 spiro atoms. The average Bonchev–Trinajstić information content (AvgIpc) is 3.04. The first-order valence-electron chi connectivity index (χ1n) is 7.18. The van der Waals surface area contributed by atoms with Crippen LogP contribution in [0.3, 0.4) is 0 Å². The number of nitrogens with one attached hydrogen (secondary N) is 1. The molecule has 0 aromatic carbocycles. The Kier molecular flexibility index (Phi) is 3.68. The van der Waals surface area contributed by atoms with Crippen molar-refractivity contribution < 1.29 is 4.79 Å². The third kappa shape index (κ3) is 2.59. The molecule has 2 aliphatic rings. The summed E-state index contributed by atoms with van der Waals surface area (Å²) in [7, 11) is 0. The van der Waals surface area contributed by atoms with Crippen molar-refractivity contribution >= 4 is 22.5 Å². The van der Waals surface area contributed by atoms with Crippen LogP contribution in [-0.4, -0.2) is 33.7 Å². The number of carbonyl (C=O) groups excluding carboxylic acids is 1. The van der Waals surface area contributed by atoms with Gasteiger partial charge in [-0.25, -0.2) is 4.79 Å². The highest BCUT2D eigenvalue weighted by Gasteiger charge is 2.39. The van der Waals surface area contributed by atoms with Crippen molar-refractivity contribution in [2.45, 2.75) is 51.5 Å². The van der Waals surface area contributed by atoms with Crippen LogP contribution in [0.25, 0.3) is 0 Å². The molecule has 2 fully saturated rings. The quantitative estimate of drug-likeness (QED) is 0.926. The van der Waals surface area contributed by atoms with Crippen molar-refractivity contribution in [3.05, 3.63) is 5.01 Å². The first-order valence-corrected chi connectivity index (χ1v) is 7.99. The summed E-state index contributed by atoms with van der Waals surface area (Å²) in [5.74, 6) is 0.732. The molecule has 1 N–H and O–H groups in total. The molecule has 104 valence electrons. The first kappa shape index (κ1) is 12.8. The van der Waals surface area contributed by atoms with Gasteiger partial charge >= 0.3 is 6.03 Å². The second kappa shape index (κ2) is 5.45. The van der Waals surface area contributed by atoms with Crippen LogP contribution in [-0.2, 0) is 6.42 Å². The maximum absolute atomic E-state index is 12.3. The maximum atomic E-state index is 12.3. The lowest BCUT2D eigenvalue weighted by Gasteiger charge is -2.23. The third-order valence-corrected chi connectivity index (χ3v) is 5.06. The van der Waals surface area contributed by atoms with Crippen molar-refractivity contribution in [2.24, 2.45) is 5.92 Å². The molecule has 1 aromatic rings. The van der Waals surface area contributed by atoms with Crippen molar-refractivity contribution in [2.75, 3.05) is 11.9 Å². The summed E-state index contributed by atoms with van der Waals surface area (Å²) in [5.41, 5.74) is 0. The molecule has 1 aromatic heterocycles. The van der Waals surface area contributed by atoms with E-state index >= 15 is 0 Å². The van der Waals surface area contributed by atoms with E-state index in [9.17, 15) is 4.79 Å². The minimum absolute atomic E-state index is 0.00796. The van der Waals surface area contributed by atoms with Crippen LogP contribution < -0.4 is 5.32 Å². The molecular weight excluding hydrogens is 260 g/mol. The molecule has 2 heterocycles. The van der Waals surface area contributed by atoms with E-state index in [4.69, 9.17) is 0 Å². The van der Waals surface area contributed by atoms with Crippen LogP contribution in [0.4, 0.5) is 9.93 Å². The second-order valence-electron chi connectivity index (χ2n) is 5.42. The Labute approximate surface area is 117 Å². The van der Waals surface area contributed by atoms with Gasteiger partial charge in [0.1, 0.15) is 5.01 Å². The molecule has 3 rings (SSSR count). The number of fused-ring (bicyclic) bond motifs is 1. The standard InChI is InChI=1S/C13H20N4OS/c1-2-4-11-15-16-12(19-11)14-13(18)17-8-7-9-5-3-6-10(9)17/h9-10H,2-8H2,1H3,(H,14,16,18)/t9-,10+/m0/s1. The van der Waals surface area contributed by atoms with Crippen LogP contribution in [0.2, 0.25) is 0 Å². The highest BCUT2D eigenvalue weighted by Crippen LogP contribution is 2.37. The van der Waals surface area contributed by atoms with Gasteiger partial charge in [0.15, 0.2) is 0 Å². The second-order valence-corrected chi connectivity index (χ2v) is 6.48. The predicted octanol–water partition coefficient (Wildman–Crippen LogP) is 2.90. The van der Waals surface area contributed by atoms with E-state index in [-0.39, 0.29) is 6.03 Å². The van der Waals surface area contributed by atoms with E-state index in [2.05, 4.69) is 22.4 Å². The van der Waals surface area contributed by atoms with Gasteiger partial charge in [-0.15, -0.1) is 10.2 Å². The molecule has 2 amide bonds. The Bertz CT molecular complexity index is 461. The van der Waals surface area contributed by atoms with E-state index in [1.165, 1.54) is 24.2 Å². The molecule has 1 saturated heterocycles. The largest absolute Gasteiger partial charge is 0.323 e. The number of anilines is 1. The number of urea groups is 1. The summed E-state index contributed by atoms with van der Waals surface area (Å²) in [5, 5.41) is 12.7. The Morgan fingerprint density at radius 3 is 3.16 bits per heavy atom. The number of amides is 2. The van der Waals surface area contributed by atoms with Crippen LogP contribution >= 0.6 is 11.3 Å². The Balaban J connectivity index is 1.61. The Hall–Kier alpha value is -1.17. The summed E-state index contributed by atoms with van der Waals surface area (Å²) in [6, 6.07) is 0.469. The van der Waals surface area contributed by atoms with Gasteiger partial charge < -0.3 is 4.90 Å². The smallest absolute Gasteiger partial charge is 0.321 e. The number of aryl methyl sites for hydroxylation is 1. The lowest BCUT2D eigenvalue weighted by Crippen LogP contribution is -2.39. The molecule has 0 radical (unpaired) electrons. The van der Waals surface area contributed by atoms with Crippen LogP contribution in [0.15, 0.2) is 0 Å². The molecule has 0 unspecified atom stereocenters. The fraction of sp³-hybridized carbons (Fsp3) is 0.769. The highest BCUT2D eigenvalue weighted by atomic mass is 32.1. The molecule has 1 saturated carbocycles. The summed E-state index contributed by atoms with van der Waals surface area (Å²) in [6.07, 6.45) is 6.86. The van der Waals surface area contributed by atoms with Crippen molar-refractivity contribution in [3.8, 4) is 0 Å². The lowest BCUT2D eigenvalue weighted by molar-refractivity contribution is 0.203. The molecule has 6 heteroatoms. The fourth-order valence-electron chi connectivity index (χ4n) is 3.27. The van der Waals surface area contributed by atoms with Gasteiger partial charge in [-0.05, 0) is 31.6 Å². The number of hydrogen-bond donors (Lipinski definition) is 1. The van der Waals surface area contributed by atoms with Crippen molar-refractivity contribution in [1.29, 1.82) is 0 Å². The Morgan fingerprint density at radius 1 is 1.42 bits per heavy atom. The number of likely N-dealkylation sites (tertiary alicyclic amines) is 1. The number of carbonyl (C=O) groups is 1. The summed E-state index contributed by atoms with van der Waals surface area (Å²) in [4.78, 5) is 14.3. The number of hydrogen-bond acceptors (Lipinski definition) is 4. The van der Waals surface area contributed by atoms with Gasteiger partial charge in [-0.3, -0.25) is 5.32 Å². The van der Waals surface area contributed by atoms with Crippen molar-refractivity contribution in [1.82, 2.24) is 15.1 Å². The zero-order valence-corrected chi connectivity index (χ0v) is 12.1. The van der Waals surface area contributed by atoms with E-state index in [0.29, 0.717) is 11.2 Å². The first-order chi connectivity index (χ1) is 9.28. The highest BCUT2D eigenvalue weighted by molar-refractivity contribution is 7.15. The van der Waals surface area contributed by atoms with Crippen LogP contribution in [0.5, 0.6) is 0 Å². The van der Waals surface area contributed by atoms with Gasteiger partial charge in [-0.2, -0.15) is 0 Å². The van der Waals surface area contributed by atoms with E-state index < -0.39 is 0 Å². The summed E-state index contributed by atoms with van der Waals surface area (Å²) >= 11 is 1.49. The van der Waals surface area contributed by atoms with Gasteiger partial charge in [0.25, 0.3) is 0 Å². The lowest BCUT2D eigenvalue weighted by atomic mass is 10.1. The molecule has 19 heavy (non-hydrogen) atoms. The van der Waals surface area contributed by atoms with Crippen molar-refractivity contribution in [3.63, 3.8) is 0 Å². The molecule has 2 atom stereocenters. The van der Waals surface area contributed by atoms with E-state index in [1.54, 1.807) is 0 Å². The zero-order chi connectivity index (χ0) is 13.2. The monoisotopic (exact) mass is 280 g/mol. The summed E-state index contributed by atoms with van der Waals surface area (Å²) in [6.45, 7) is 3.01. The van der Waals surface area contributed by atoms with Gasteiger partial charge in [0.2, 0.25) is 5.13 Å². The van der Waals surface area contributed by atoms with Crippen LogP contribution in [0, 0.1) is 5.92 Å². The average molecular weight is 280 g/mol. The SMILES string of the molecule is CCCc1nnc(NC(=O)N2CC[C@@H]3CCC[C@H]32)s1. The molecule has 0 bridgehead atoms. The topological polar surface area (TPSA) is 58.1 Å². The zero-order valence-electron chi connectivity index (χ0n) is 11.3. The van der Waals surface area contributed by atoms with Gasteiger partial charge in [0.05, 0.1) is 0 Å². The number of rotatable bonds is 3. The summed E-state index contributed by atoms with van der Waals surface area (Å²) < 4.78 is 0. The molecule has 1 aliphatic carbocycles. The van der Waals surface area contributed by atoms with E-state index in [1.807, 2.05) is 4.90 Å². The maximum Gasteiger partial charge on any atom is 0.323 e. The number of aromatic nitrogens is 2. The Morgan fingerprint density at radius 2 is 2.32 bits per heavy atom. The minimum Gasteiger partial charge on any atom is -0.321 e. The third-order valence-electron chi connectivity index (χ3n) is 4.17. The van der Waals surface area contributed by atoms with Gasteiger partial charge in [0, 0.05) is 19.0 Å². The van der Waals surface area contributed by atoms with E-state index in [0.717, 1.165) is 43.2 Å². The van der Waals surface area contributed by atoms with Gasteiger partial charge in [-0.1, -0.05) is 24.7 Å². The number of nitrogens with zero attached hydrogens (tertiary/aromatic N) is 3. The normalized spacial score (nSPS) is 25.6. The molecule has 5 nitrogen and oxygen atoms in total. The predicted molar refractivity (Wildman–Crippen MR) is 75.4 cm³/mol. The fourth-order valence-corrected chi connectivity index (χ4v) is 4.10. The minimum atomic E-state index is 0.00796. The van der Waals surface area contributed by atoms with Crippen LogP contribution in [0.1, 0.15) is 44.0 Å².